The van der Waals surface area contributed by atoms with Crippen molar-refractivity contribution in [3.63, 3.8) is 0 Å². The Balaban J connectivity index is 1.95. The summed E-state index contributed by atoms with van der Waals surface area (Å²) in [4.78, 5) is 28.2. The van der Waals surface area contributed by atoms with E-state index in [1.165, 1.54) is 4.90 Å². The fraction of sp³-hybridized carbons (Fsp3) is 0.267. The first-order chi connectivity index (χ1) is 17.4. The predicted octanol–water partition coefficient (Wildman–Crippen LogP) is 7.62. The van der Waals surface area contributed by atoms with E-state index in [2.05, 4.69) is 0 Å². The number of ether oxygens (including phenoxy) is 1. The SMILES string of the molecule is CCOc1ccc(/C(O)=C2/C(=O)C(=O)N(c3ccc(C)c(Cl)c3)C2c2ccc(Cl)cc2)cc1C(C)(C)C. The van der Waals surface area contributed by atoms with Gasteiger partial charge in [0.25, 0.3) is 11.7 Å². The number of nitrogens with zero attached hydrogens (tertiary/aromatic N) is 1. The normalized spacial score (nSPS) is 17.4. The third kappa shape index (κ3) is 5.11. The highest BCUT2D eigenvalue weighted by atomic mass is 35.5. The standard InChI is InChI=1S/C30H29Cl2NO4/c1-6-37-24-14-10-19(15-22(24)30(3,4)5)27(34)25-26(18-8-11-20(31)12-9-18)33(29(36)28(25)35)21-13-7-17(2)23(32)16-21/h7-16,26,34H,6H2,1-5H3/b27-25-. The summed E-state index contributed by atoms with van der Waals surface area (Å²) < 4.78 is 5.81. The average Bonchev–Trinajstić information content (AvgIpc) is 3.11. The van der Waals surface area contributed by atoms with E-state index in [-0.39, 0.29) is 16.7 Å². The minimum absolute atomic E-state index is 0.00645. The minimum atomic E-state index is -0.874. The van der Waals surface area contributed by atoms with Gasteiger partial charge in [0.15, 0.2) is 0 Å². The molecule has 1 amide bonds. The third-order valence-electron chi connectivity index (χ3n) is 6.42. The molecule has 1 aliphatic rings. The molecule has 1 atom stereocenters. The second kappa shape index (κ2) is 10.2. The zero-order valence-corrected chi connectivity index (χ0v) is 22.9. The van der Waals surface area contributed by atoms with Crippen LogP contribution in [0.5, 0.6) is 5.75 Å². The Kier molecular flexibility index (Phi) is 7.40. The lowest BCUT2D eigenvalue weighted by molar-refractivity contribution is -0.132. The molecule has 5 nitrogen and oxygen atoms in total. The van der Waals surface area contributed by atoms with Crippen molar-refractivity contribution in [1.29, 1.82) is 0 Å². The zero-order valence-electron chi connectivity index (χ0n) is 21.4. The maximum Gasteiger partial charge on any atom is 0.300 e. The Bertz CT molecular complexity index is 1400. The summed E-state index contributed by atoms with van der Waals surface area (Å²) in [6.45, 7) is 10.4. The van der Waals surface area contributed by atoms with Crippen LogP contribution in [0.3, 0.4) is 0 Å². The first-order valence-electron chi connectivity index (χ1n) is 12.0. The lowest BCUT2D eigenvalue weighted by Gasteiger charge is -2.26. The molecule has 0 aliphatic carbocycles. The zero-order chi connectivity index (χ0) is 27.1. The molecule has 37 heavy (non-hydrogen) atoms. The molecule has 1 fully saturated rings. The Morgan fingerprint density at radius 3 is 2.27 bits per heavy atom. The van der Waals surface area contributed by atoms with E-state index in [0.29, 0.717) is 39.2 Å². The van der Waals surface area contributed by atoms with Crippen LogP contribution in [0.15, 0.2) is 66.2 Å². The topological polar surface area (TPSA) is 66.8 Å². The van der Waals surface area contributed by atoms with Crippen LogP contribution in [0.25, 0.3) is 5.76 Å². The van der Waals surface area contributed by atoms with Crippen molar-refractivity contribution in [2.45, 2.75) is 46.1 Å². The summed E-state index contributed by atoms with van der Waals surface area (Å²) in [6, 6.07) is 16.5. The van der Waals surface area contributed by atoms with Crippen LogP contribution in [0, 0.1) is 6.92 Å². The highest BCUT2D eigenvalue weighted by Gasteiger charge is 2.47. The summed E-state index contributed by atoms with van der Waals surface area (Å²) in [5.74, 6) is -1.08. The maximum absolute atomic E-state index is 13.5. The first-order valence-corrected chi connectivity index (χ1v) is 12.8. The number of benzene rings is 3. The molecule has 3 aromatic carbocycles. The third-order valence-corrected chi connectivity index (χ3v) is 7.08. The lowest BCUT2D eigenvalue weighted by atomic mass is 9.84. The number of aliphatic hydroxyl groups excluding tert-OH is 1. The molecule has 3 aromatic rings. The number of anilines is 1. The largest absolute Gasteiger partial charge is 0.507 e. The number of Topliss-reactive ketones (excluding diaryl/α,β-unsaturated/α-hetero) is 1. The number of aryl methyl sites for hydroxylation is 1. The molecule has 1 N–H and O–H groups in total. The number of halogens is 2. The van der Waals surface area contributed by atoms with Gasteiger partial charge in [0.05, 0.1) is 18.2 Å². The number of ketones is 1. The number of hydrogen-bond donors (Lipinski definition) is 1. The fourth-order valence-electron chi connectivity index (χ4n) is 4.49. The number of hydrogen-bond acceptors (Lipinski definition) is 4. The van der Waals surface area contributed by atoms with Crippen LogP contribution < -0.4 is 9.64 Å². The number of rotatable bonds is 5. The molecule has 7 heteroatoms. The van der Waals surface area contributed by atoms with Gasteiger partial charge in [-0.25, -0.2) is 0 Å². The van der Waals surface area contributed by atoms with E-state index >= 15 is 0 Å². The van der Waals surface area contributed by atoms with Crippen molar-refractivity contribution >= 4 is 46.3 Å². The summed E-state index contributed by atoms with van der Waals surface area (Å²) in [6.07, 6.45) is 0. The highest BCUT2D eigenvalue weighted by molar-refractivity contribution is 6.52. The Labute approximate surface area is 227 Å². The van der Waals surface area contributed by atoms with E-state index in [1.54, 1.807) is 54.6 Å². The number of amides is 1. The highest BCUT2D eigenvalue weighted by Crippen LogP contribution is 2.44. The van der Waals surface area contributed by atoms with Gasteiger partial charge < -0.3 is 9.84 Å². The second-order valence-corrected chi connectivity index (χ2v) is 10.9. The monoisotopic (exact) mass is 537 g/mol. The van der Waals surface area contributed by atoms with Gasteiger partial charge in [-0.05, 0) is 72.9 Å². The van der Waals surface area contributed by atoms with Gasteiger partial charge in [0, 0.05) is 26.9 Å². The van der Waals surface area contributed by atoms with Gasteiger partial charge >= 0.3 is 0 Å². The van der Waals surface area contributed by atoms with E-state index in [9.17, 15) is 14.7 Å². The van der Waals surface area contributed by atoms with Gasteiger partial charge in [-0.2, -0.15) is 0 Å². The first kappa shape index (κ1) is 26.8. The van der Waals surface area contributed by atoms with Gasteiger partial charge in [-0.1, -0.05) is 62.2 Å². The van der Waals surface area contributed by atoms with Crippen LogP contribution in [-0.4, -0.2) is 23.4 Å². The Morgan fingerprint density at radius 2 is 1.68 bits per heavy atom. The molecule has 0 spiro atoms. The lowest BCUT2D eigenvalue weighted by Crippen LogP contribution is -2.29. The Morgan fingerprint density at radius 1 is 1.00 bits per heavy atom. The molecule has 4 rings (SSSR count). The van der Waals surface area contributed by atoms with Gasteiger partial charge in [-0.3, -0.25) is 14.5 Å². The molecule has 1 unspecified atom stereocenters. The molecule has 1 saturated heterocycles. The van der Waals surface area contributed by atoms with E-state index in [0.717, 1.165) is 11.1 Å². The molecular formula is C30H29Cl2NO4. The summed E-state index contributed by atoms with van der Waals surface area (Å²) in [5, 5.41) is 12.5. The molecule has 0 saturated carbocycles. The summed E-state index contributed by atoms with van der Waals surface area (Å²) >= 11 is 12.5. The van der Waals surface area contributed by atoms with Crippen molar-refractivity contribution in [3.05, 3.63) is 98.5 Å². The minimum Gasteiger partial charge on any atom is -0.507 e. The molecule has 0 bridgehead atoms. The number of carbonyl (C=O) groups is 2. The van der Waals surface area contributed by atoms with Crippen molar-refractivity contribution in [2.24, 2.45) is 0 Å². The van der Waals surface area contributed by atoms with Gasteiger partial charge in [0.1, 0.15) is 11.5 Å². The van der Waals surface area contributed by atoms with Crippen LogP contribution in [0.1, 0.15) is 56.0 Å². The summed E-state index contributed by atoms with van der Waals surface area (Å²) in [7, 11) is 0. The van der Waals surface area contributed by atoms with Crippen LogP contribution in [0.4, 0.5) is 5.69 Å². The number of carbonyl (C=O) groups excluding carboxylic acids is 2. The van der Waals surface area contributed by atoms with E-state index < -0.39 is 17.7 Å². The van der Waals surface area contributed by atoms with Gasteiger partial charge in [0.2, 0.25) is 0 Å². The van der Waals surface area contributed by atoms with Crippen molar-refractivity contribution < 1.29 is 19.4 Å². The van der Waals surface area contributed by atoms with Crippen LogP contribution in [0.2, 0.25) is 10.0 Å². The fourth-order valence-corrected chi connectivity index (χ4v) is 4.79. The maximum atomic E-state index is 13.5. The quantitative estimate of drug-likeness (QED) is 0.206. The number of aliphatic hydroxyl groups is 1. The van der Waals surface area contributed by atoms with Crippen LogP contribution >= 0.6 is 23.2 Å². The second-order valence-electron chi connectivity index (χ2n) is 10.0. The Hall–Kier alpha value is -3.28. The van der Waals surface area contributed by atoms with Crippen molar-refractivity contribution in [1.82, 2.24) is 0 Å². The molecule has 1 heterocycles. The van der Waals surface area contributed by atoms with Crippen molar-refractivity contribution in [2.75, 3.05) is 11.5 Å². The molecular weight excluding hydrogens is 509 g/mol. The smallest absolute Gasteiger partial charge is 0.300 e. The van der Waals surface area contributed by atoms with E-state index in [4.69, 9.17) is 27.9 Å². The molecule has 1 aliphatic heterocycles. The molecule has 192 valence electrons. The van der Waals surface area contributed by atoms with E-state index in [1.807, 2.05) is 40.7 Å². The van der Waals surface area contributed by atoms with Crippen LogP contribution in [-0.2, 0) is 15.0 Å². The van der Waals surface area contributed by atoms with Gasteiger partial charge in [-0.15, -0.1) is 0 Å². The summed E-state index contributed by atoms with van der Waals surface area (Å²) in [5.41, 5.74) is 2.93. The predicted molar refractivity (Wildman–Crippen MR) is 149 cm³/mol. The van der Waals surface area contributed by atoms with Crippen molar-refractivity contribution in [3.8, 4) is 5.75 Å². The average molecular weight is 538 g/mol. The molecule has 0 radical (unpaired) electrons. The molecule has 0 aromatic heterocycles.